The highest BCUT2D eigenvalue weighted by Gasteiger charge is 2.11. The number of aromatic nitrogens is 4. The number of aryl methyl sites for hydroxylation is 2. The van der Waals surface area contributed by atoms with Crippen molar-refractivity contribution in [1.82, 2.24) is 19.5 Å². The molecule has 0 aliphatic heterocycles. The molecule has 0 saturated carbocycles. The Morgan fingerprint density at radius 1 is 1.15 bits per heavy atom. The number of fused-ring (bicyclic) bond motifs is 1. The smallest absolute Gasteiger partial charge is 0.111 e. The molecular weight excluding hydrogens is 272 g/mol. The van der Waals surface area contributed by atoms with Crippen LogP contribution in [-0.2, 0) is 13.0 Å². The molecule has 0 aliphatic rings. The van der Waals surface area contributed by atoms with Crippen LogP contribution < -0.4 is 0 Å². The number of halogens is 1. The zero-order valence-corrected chi connectivity index (χ0v) is 12.0. The van der Waals surface area contributed by atoms with Gasteiger partial charge in [0.1, 0.15) is 11.3 Å². The number of hydrogen-bond acceptors (Lipinski definition) is 3. The molecule has 0 fully saturated rings. The molecule has 3 rings (SSSR count). The van der Waals surface area contributed by atoms with E-state index in [9.17, 15) is 0 Å². The van der Waals surface area contributed by atoms with Gasteiger partial charge in [-0.15, -0.1) is 11.6 Å². The number of imidazole rings is 1. The Bertz CT molecular complexity index is 736. The van der Waals surface area contributed by atoms with E-state index in [1.54, 1.807) is 12.4 Å². The molecular formula is C15H15ClN4. The fourth-order valence-electron chi connectivity index (χ4n) is 2.33. The summed E-state index contributed by atoms with van der Waals surface area (Å²) in [6.45, 7) is 2.85. The van der Waals surface area contributed by atoms with Gasteiger partial charge < -0.3 is 4.57 Å². The highest BCUT2D eigenvalue weighted by Crippen LogP contribution is 2.18. The molecule has 0 aromatic carbocycles. The minimum absolute atomic E-state index is 0.562. The van der Waals surface area contributed by atoms with Gasteiger partial charge in [-0.25, -0.2) is 4.98 Å². The summed E-state index contributed by atoms with van der Waals surface area (Å²) in [4.78, 5) is 12.9. The van der Waals surface area contributed by atoms with Crippen LogP contribution in [0.25, 0.3) is 11.0 Å². The van der Waals surface area contributed by atoms with Crippen molar-refractivity contribution in [2.24, 2.45) is 0 Å². The van der Waals surface area contributed by atoms with Crippen molar-refractivity contribution < 1.29 is 0 Å². The van der Waals surface area contributed by atoms with Gasteiger partial charge in [-0.05, 0) is 30.2 Å². The molecule has 0 saturated heterocycles. The van der Waals surface area contributed by atoms with E-state index in [0.717, 1.165) is 29.8 Å². The van der Waals surface area contributed by atoms with Gasteiger partial charge >= 0.3 is 0 Å². The van der Waals surface area contributed by atoms with Gasteiger partial charge in [-0.1, -0.05) is 0 Å². The Labute approximate surface area is 122 Å². The second-order valence-electron chi connectivity index (χ2n) is 4.72. The first-order valence-electron chi connectivity index (χ1n) is 6.54. The Kier molecular flexibility index (Phi) is 3.65. The number of pyridine rings is 2. The average Bonchev–Trinajstić information content (AvgIpc) is 2.80. The molecule has 0 aliphatic carbocycles. The molecule has 0 radical (unpaired) electrons. The summed E-state index contributed by atoms with van der Waals surface area (Å²) in [5.74, 6) is 1.56. The van der Waals surface area contributed by atoms with Crippen LogP contribution in [0.2, 0.25) is 0 Å². The quantitative estimate of drug-likeness (QED) is 0.693. The lowest BCUT2D eigenvalue weighted by atomic mass is 10.1. The second kappa shape index (κ2) is 5.59. The molecule has 4 nitrogen and oxygen atoms in total. The van der Waals surface area contributed by atoms with Gasteiger partial charge in [0.25, 0.3) is 0 Å². The highest BCUT2D eigenvalue weighted by molar-refractivity contribution is 6.17. The maximum atomic E-state index is 5.89. The van der Waals surface area contributed by atoms with Crippen LogP contribution in [-0.4, -0.2) is 25.4 Å². The summed E-state index contributed by atoms with van der Waals surface area (Å²) < 4.78 is 2.21. The minimum Gasteiger partial charge on any atom is -0.323 e. The van der Waals surface area contributed by atoms with Gasteiger partial charge in [0.05, 0.1) is 11.7 Å². The fourth-order valence-corrected chi connectivity index (χ4v) is 2.50. The normalized spacial score (nSPS) is 11.1. The first-order valence-corrected chi connectivity index (χ1v) is 7.07. The monoisotopic (exact) mass is 286 g/mol. The molecule has 0 atom stereocenters. The molecule has 5 heteroatoms. The van der Waals surface area contributed by atoms with Crippen molar-refractivity contribution >= 4 is 22.6 Å². The summed E-state index contributed by atoms with van der Waals surface area (Å²) in [7, 11) is 0. The van der Waals surface area contributed by atoms with Gasteiger partial charge in [-0.3, -0.25) is 9.97 Å². The van der Waals surface area contributed by atoms with Crippen LogP contribution in [0.15, 0.2) is 36.9 Å². The van der Waals surface area contributed by atoms with Crippen LogP contribution in [0.3, 0.4) is 0 Å². The first kappa shape index (κ1) is 13.1. The number of alkyl halides is 1. The Balaban J connectivity index is 2.09. The molecule has 0 bridgehead atoms. The van der Waals surface area contributed by atoms with E-state index >= 15 is 0 Å². The molecule has 20 heavy (non-hydrogen) atoms. The van der Waals surface area contributed by atoms with Gasteiger partial charge in [-0.2, -0.15) is 0 Å². The van der Waals surface area contributed by atoms with E-state index in [-0.39, 0.29) is 0 Å². The number of rotatable bonds is 4. The van der Waals surface area contributed by atoms with Crippen molar-refractivity contribution in [1.29, 1.82) is 0 Å². The Hall–Kier alpha value is -1.94. The van der Waals surface area contributed by atoms with Crippen LogP contribution in [0.4, 0.5) is 0 Å². The van der Waals surface area contributed by atoms with E-state index in [1.165, 1.54) is 11.1 Å². The largest absolute Gasteiger partial charge is 0.323 e. The van der Waals surface area contributed by atoms with E-state index in [0.29, 0.717) is 5.88 Å². The Morgan fingerprint density at radius 2 is 1.95 bits per heavy atom. The molecule has 0 N–H and O–H groups in total. The Morgan fingerprint density at radius 3 is 2.75 bits per heavy atom. The number of hydrogen-bond donors (Lipinski definition) is 0. The number of nitrogens with zero attached hydrogens (tertiary/aromatic N) is 4. The molecule has 3 heterocycles. The SMILES string of the molecule is Cc1cnccc1Cn1c(CCCl)nc2cnccc21. The minimum atomic E-state index is 0.562. The lowest BCUT2D eigenvalue weighted by molar-refractivity contribution is 0.750. The molecule has 3 aromatic heterocycles. The van der Waals surface area contributed by atoms with Crippen molar-refractivity contribution in [3.05, 3.63) is 53.9 Å². The summed E-state index contributed by atoms with van der Waals surface area (Å²) >= 11 is 5.89. The fraction of sp³-hybridized carbons (Fsp3) is 0.267. The van der Waals surface area contributed by atoms with E-state index in [4.69, 9.17) is 11.6 Å². The van der Waals surface area contributed by atoms with E-state index in [1.807, 2.05) is 24.5 Å². The van der Waals surface area contributed by atoms with Crippen LogP contribution >= 0.6 is 11.6 Å². The lowest BCUT2D eigenvalue weighted by Gasteiger charge is -2.10. The standard InChI is InChI=1S/C15H15ClN4/c1-11-8-17-6-3-12(11)10-20-14-4-7-18-9-13(14)19-15(20)2-5-16/h3-4,6-9H,2,5,10H2,1H3. The zero-order chi connectivity index (χ0) is 13.9. The topological polar surface area (TPSA) is 43.6 Å². The second-order valence-corrected chi connectivity index (χ2v) is 5.10. The van der Waals surface area contributed by atoms with Crippen molar-refractivity contribution in [2.45, 2.75) is 19.9 Å². The van der Waals surface area contributed by atoms with E-state index in [2.05, 4.69) is 26.4 Å². The third kappa shape index (κ3) is 2.39. The maximum absolute atomic E-state index is 5.89. The van der Waals surface area contributed by atoms with E-state index < -0.39 is 0 Å². The van der Waals surface area contributed by atoms with Gasteiger partial charge in [0, 0.05) is 37.4 Å². The zero-order valence-electron chi connectivity index (χ0n) is 11.3. The summed E-state index contributed by atoms with van der Waals surface area (Å²) in [5.41, 5.74) is 4.43. The highest BCUT2D eigenvalue weighted by atomic mass is 35.5. The van der Waals surface area contributed by atoms with Crippen molar-refractivity contribution in [3.63, 3.8) is 0 Å². The molecule has 3 aromatic rings. The van der Waals surface area contributed by atoms with Gasteiger partial charge in [0.2, 0.25) is 0 Å². The van der Waals surface area contributed by atoms with Crippen molar-refractivity contribution in [2.75, 3.05) is 5.88 Å². The van der Waals surface area contributed by atoms with Crippen molar-refractivity contribution in [3.8, 4) is 0 Å². The van der Waals surface area contributed by atoms with Crippen LogP contribution in [0.1, 0.15) is 17.0 Å². The predicted molar refractivity (Wildman–Crippen MR) is 80.0 cm³/mol. The average molecular weight is 287 g/mol. The molecule has 0 spiro atoms. The molecule has 102 valence electrons. The van der Waals surface area contributed by atoms with Gasteiger partial charge in [0.15, 0.2) is 0 Å². The third-order valence-corrected chi connectivity index (χ3v) is 3.60. The first-order chi connectivity index (χ1) is 9.79. The third-order valence-electron chi connectivity index (χ3n) is 3.41. The predicted octanol–water partition coefficient (Wildman–Crippen LogP) is 2.96. The molecule has 0 amide bonds. The van der Waals surface area contributed by atoms with Crippen LogP contribution in [0.5, 0.6) is 0 Å². The van der Waals surface area contributed by atoms with Crippen LogP contribution in [0, 0.1) is 6.92 Å². The summed E-state index contributed by atoms with van der Waals surface area (Å²) in [6.07, 6.45) is 8.05. The lowest BCUT2D eigenvalue weighted by Crippen LogP contribution is -2.07. The summed E-state index contributed by atoms with van der Waals surface area (Å²) in [6, 6.07) is 4.05. The molecule has 0 unspecified atom stereocenters. The maximum Gasteiger partial charge on any atom is 0.111 e. The summed E-state index contributed by atoms with van der Waals surface area (Å²) in [5, 5.41) is 0.